The van der Waals surface area contributed by atoms with Gasteiger partial charge in [-0.2, -0.15) is 0 Å². The second-order valence-corrected chi connectivity index (χ2v) is 6.32. The molecule has 0 radical (unpaired) electrons. The fourth-order valence-electron chi connectivity index (χ4n) is 3.62. The van der Waals surface area contributed by atoms with Crippen LogP contribution in [-0.4, -0.2) is 37.0 Å². The van der Waals surface area contributed by atoms with Gasteiger partial charge in [0.15, 0.2) is 0 Å². The SMILES string of the molecule is CCCCOC1CCC2CC3C(=O)NC(=O)NC3OC2C1. The number of carbonyl (C=O) groups excluding carboxylic acids is 2. The van der Waals surface area contributed by atoms with E-state index in [1.807, 2.05) is 0 Å². The molecular weight excluding hydrogens is 272 g/mol. The Morgan fingerprint density at radius 1 is 1.29 bits per heavy atom. The second-order valence-electron chi connectivity index (χ2n) is 6.32. The maximum absolute atomic E-state index is 11.9. The number of unbranched alkanes of at least 4 members (excludes halogenated alkanes) is 1. The molecule has 2 N–H and O–H groups in total. The Kier molecular flexibility index (Phi) is 4.45. The van der Waals surface area contributed by atoms with Gasteiger partial charge >= 0.3 is 6.03 Å². The Morgan fingerprint density at radius 3 is 2.95 bits per heavy atom. The topological polar surface area (TPSA) is 76.7 Å². The average molecular weight is 296 g/mol. The molecule has 2 aliphatic heterocycles. The normalized spacial score (nSPS) is 39.0. The van der Waals surface area contributed by atoms with E-state index in [2.05, 4.69) is 17.6 Å². The number of hydrogen-bond acceptors (Lipinski definition) is 4. The van der Waals surface area contributed by atoms with Crippen LogP contribution < -0.4 is 10.6 Å². The Labute approximate surface area is 124 Å². The van der Waals surface area contributed by atoms with Gasteiger partial charge in [0.2, 0.25) is 5.91 Å². The molecule has 6 nitrogen and oxygen atoms in total. The largest absolute Gasteiger partial charge is 0.378 e. The first kappa shape index (κ1) is 14.8. The fraction of sp³-hybridized carbons (Fsp3) is 0.867. The first-order valence-corrected chi connectivity index (χ1v) is 8.05. The number of hydrogen-bond donors (Lipinski definition) is 2. The lowest BCUT2D eigenvalue weighted by molar-refractivity contribution is -0.172. The molecule has 3 amide bonds. The lowest BCUT2D eigenvalue weighted by Gasteiger charge is -2.46. The molecule has 0 spiro atoms. The highest BCUT2D eigenvalue weighted by Gasteiger charge is 2.46. The standard InChI is InChI=1S/C15H24N2O4/c1-2-3-6-20-10-5-4-9-7-11-13(18)16-15(19)17-14(11)21-12(9)8-10/h9-12,14H,2-8H2,1H3,(H2,16,17,18,19). The molecule has 3 rings (SSSR count). The Balaban J connectivity index is 1.57. The van der Waals surface area contributed by atoms with Gasteiger partial charge in [-0.15, -0.1) is 0 Å². The number of urea groups is 1. The van der Waals surface area contributed by atoms with Crippen LogP contribution in [0.1, 0.15) is 45.4 Å². The highest BCUT2D eigenvalue weighted by Crippen LogP contribution is 2.39. The van der Waals surface area contributed by atoms with E-state index in [9.17, 15) is 9.59 Å². The predicted octanol–water partition coefficient (Wildman–Crippen LogP) is 1.54. The van der Waals surface area contributed by atoms with Gasteiger partial charge < -0.3 is 14.8 Å². The first-order chi connectivity index (χ1) is 10.2. The van der Waals surface area contributed by atoms with Crippen LogP contribution in [0.5, 0.6) is 0 Å². The lowest BCUT2D eigenvalue weighted by atomic mass is 9.76. The molecule has 0 aromatic heterocycles. The minimum absolute atomic E-state index is 0.0952. The summed E-state index contributed by atoms with van der Waals surface area (Å²) in [7, 11) is 0. The molecule has 0 bridgehead atoms. The van der Waals surface area contributed by atoms with Gasteiger partial charge in [0.1, 0.15) is 6.23 Å². The van der Waals surface area contributed by atoms with E-state index in [4.69, 9.17) is 9.47 Å². The lowest BCUT2D eigenvalue weighted by Crippen LogP contribution is -2.63. The van der Waals surface area contributed by atoms with E-state index in [1.165, 1.54) is 0 Å². The van der Waals surface area contributed by atoms with E-state index >= 15 is 0 Å². The zero-order valence-electron chi connectivity index (χ0n) is 12.5. The molecule has 3 aliphatic rings. The third-order valence-electron chi connectivity index (χ3n) is 4.82. The highest BCUT2D eigenvalue weighted by atomic mass is 16.5. The van der Waals surface area contributed by atoms with Gasteiger partial charge in [-0.25, -0.2) is 4.79 Å². The Bertz CT molecular complexity index is 414. The van der Waals surface area contributed by atoms with Crippen LogP contribution in [0.15, 0.2) is 0 Å². The zero-order chi connectivity index (χ0) is 14.8. The molecule has 0 aromatic carbocycles. The Hall–Kier alpha value is -1.14. The molecule has 2 saturated heterocycles. The van der Waals surface area contributed by atoms with Crippen molar-refractivity contribution in [2.24, 2.45) is 11.8 Å². The van der Waals surface area contributed by atoms with E-state index in [0.29, 0.717) is 5.92 Å². The molecule has 3 fully saturated rings. The van der Waals surface area contributed by atoms with Crippen molar-refractivity contribution in [3.63, 3.8) is 0 Å². The molecule has 1 aliphatic carbocycles. The molecule has 118 valence electrons. The number of fused-ring (bicyclic) bond motifs is 2. The van der Waals surface area contributed by atoms with Crippen LogP contribution in [-0.2, 0) is 14.3 Å². The number of amides is 3. The van der Waals surface area contributed by atoms with Crippen LogP contribution in [0.4, 0.5) is 4.79 Å². The quantitative estimate of drug-likeness (QED) is 0.772. The van der Waals surface area contributed by atoms with Gasteiger partial charge in [0, 0.05) is 13.0 Å². The Morgan fingerprint density at radius 2 is 2.14 bits per heavy atom. The van der Waals surface area contributed by atoms with Crippen LogP contribution in [0.3, 0.4) is 0 Å². The summed E-state index contributed by atoms with van der Waals surface area (Å²) in [5.41, 5.74) is 0. The predicted molar refractivity (Wildman–Crippen MR) is 75.4 cm³/mol. The molecule has 6 heteroatoms. The highest BCUT2D eigenvalue weighted by molar-refractivity contribution is 5.98. The van der Waals surface area contributed by atoms with E-state index in [1.54, 1.807) is 0 Å². The van der Waals surface area contributed by atoms with Crippen molar-refractivity contribution in [1.29, 1.82) is 0 Å². The maximum atomic E-state index is 11.9. The summed E-state index contributed by atoms with van der Waals surface area (Å²) < 4.78 is 11.9. The molecule has 21 heavy (non-hydrogen) atoms. The zero-order valence-corrected chi connectivity index (χ0v) is 12.5. The molecule has 1 saturated carbocycles. The number of rotatable bonds is 4. The first-order valence-electron chi connectivity index (χ1n) is 8.05. The van der Waals surface area contributed by atoms with Gasteiger partial charge in [0.25, 0.3) is 0 Å². The second kappa shape index (κ2) is 6.32. The summed E-state index contributed by atoms with van der Waals surface area (Å²) in [6.45, 7) is 2.96. The van der Waals surface area contributed by atoms with Crippen LogP contribution in [0.25, 0.3) is 0 Å². The maximum Gasteiger partial charge on any atom is 0.323 e. The van der Waals surface area contributed by atoms with E-state index in [0.717, 1.165) is 45.1 Å². The van der Waals surface area contributed by atoms with Crippen molar-refractivity contribution in [1.82, 2.24) is 10.6 Å². The van der Waals surface area contributed by atoms with Crippen LogP contribution in [0.2, 0.25) is 0 Å². The molecule has 5 atom stereocenters. The summed E-state index contributed by atoms with van der Waals surface area (Å²) in [5, 5.41) is 5.04. The number of carbonyl (C=O) groups is 2. The van der Waals surface area contributed by atoms with Gasteiger partial charge in [0.05, 0.1) is 18.1 Å². The van der Waals surface area contributed by atoms with Crippen molar-refractivity contribution in [3.05, 3.63) is 0 Å². The van der Waals surface area contributed by atoms with Crippen molar-refractivity contribution >= 4 is 11.9 Å². The number of imide groups is 1. The van der Waals surface area contributed by atoms with Crippen molar-refractivity contribution < 1.29 is 19.1 Å². The molecule has 2 heterocycles. The van der Waals surface area contributed by atoms with E-state index < -0.39 is 12.3 Å². The van der Waals surface area contributed by atoms with E-state index in [-0.39, 0.29) is 24.0 Å². The minimum Gasteiger partial charge on any atom is -0.378 e. The van der Waals surface area contributed by atoms with Crippen molar-refractivity contribution in [2.75, 3.05) is 6.61 Å². The smallest absolute Gasteiger partial charge is 0.323 e. The number of ether oxygens (including phenoxy) is 2. The molecule has 5 unspecified atom stereocenters. The summed E-state index contributed by atoms with van der Waals surface area (Å²) >= 11 is 0. The fourth-order valence-corrected chi connectivity index (χ4v) is 3.62. The third-order valence-corrected chi connectivity index (χ3v) is 4.82. The summed E-state index contributed by atoms with van der Waals surface area (Å²) in [6.07, 6.45) is 5.85. The summed E-state index contributed by atoms with van der Waals surface area (Å²) in [4.78, 5) is 23.3. The van der Waals surface area contributed by atoms with Gasteiger partial charge in [-0.1, -0.05) is 13.3 Å². The van der Waals surface area contributed by atoms with Crippen molar-refractivity contribution in [2.45, 2.75) is 63.9 Å². The summed E-state index contributed by atoms with van der Waals surface area (Å²) in [6, 6.07) is -0.453. The molecular formula is C15H24N2O4. The average Bonchev–Trinajstić information content (AvgIpc) is 2.45. The van der Waals surface area contributed by atoms with Gasteiger partial charge in [-0.05, 0) is 31.6 Å². The van der Waals surface area contributed by atoms with Gasteiger partial charge in [-0.3, -0.25) is 10.1 Å². The molecule has 0 aromatic rings. The van der Waals surface area contributed by atoms with Crippen LogP contribution >= 0.6 is 0 Å². The monoisotopic (exact) mass is 296 g/mol. The number of nitrogens with one attached hydrogen (secondary N) is 2. The summed E-state index contributed by atoms with van der Waals surface area (Å²) in [5.74, 6) is -0.0527. The van der Waals surface area contributed by atoms with Crippen molar-refractivity contribution in [3.8, 4) is 0 Å². The minimum atomic E-state index is -0.470. The van der Waals surface area contributed by atoms with Crippen LogP contribution in [0, 0.1) is 11.8 Å². The third kappa shape index (κ3) is 3.21.